The van der Waals surface area contributed by atoms with Crippen molar-refractivity contribution in [1.29, 1.82) is 0 Å². The van der Waals surface area contributed by atoms with Crippen molar-refractivity contribution >= 4 is 35.1 Å². The van der Waals surface area contributed by atoms with Gasteiger partial charge in [0.15, 0.2) is 18.1 Å². The van der Waals surface area contributed by atoms with Crippen molar-refractivity contribution in [3.8, 4) is 11.5 Å². The Morgan fingerprint density at radius 2 is 1.79 bits per heavy atom. The standard InChI is InChI=1S/C22H20ClN3O3/c1-28-21-12-16(14-24-26-19-9-5-6-17(23)13-19)10-11-20(21)29-15-22(27)25-18-7-3-2-4-8-18/h2-14,26H,15H2,1H3,(H,25,27). The Hall–Kier alpha value is -3.51. The van der Waals surface area contributed by atoms with Crippen molar-refractivity contribution in [3.05, 3.63) is 83.4 Å². The van der Waals surface area contributed by atoms with Gasteiger partial charge in [0, 0.05) is 10.7 Å². The van der Waals surface area contributed by atoms with Crippen LogP contribution in [0, 0.1) is 0 Å². The Kier molecular flexibility index (Phi) is 7.08. The van der Waals surface area contributed by atoms with Crippen LogP contribution in [-0.2, 0) is 4.79 Å². The summed E-state index contributed by atoms with van der Waals surface area (Å²) < 4.78 is 11.0. The van der Waals surface area contributed by atoms with E-state index in [1.165, 1.54) is 7.11 Å². The number of carbonyl (C=O) groups is 1. The fraction of sp³-hybridized carbons (Fsp3) is 0.0909. The number of anilines is 2. The quantitative estimate of drug-likeness (QED) is 0.413. The van der Waals surface area contributed by atoms with E-state index in [0.717, 1.165) is 11.3 Å². The summed E-state index contributed by atoms with van der Waals surface area (Å²) in [6.07, 6.45) is 1.65. The largest absolute Gasteiger partial charge is 0.493 e. The normalized spacial score (nSPS) is 10.6. The Labute approximate surface area is 174 Å². The van der Waals surface area contributed by atoms with Crippen molar-refractivity contribution < 1.29 is 14.3 Å². The molecule has 29 heavy (non-hydrogen) atoms. The average molecular weight is 410 g/mol. The van der Waals surface area contributed by atoms with Gasteiger partial charge in [0.05, 0.1) is 19.0 Å². The molecule has 3 rings (SSSR count). The van der Waals surface area contributed by atoms with Crippen LogP contribution in [0.4, 0.5) is 11.4 Å². The van der Waals surface area contributed by atoms with Gasteiger partial charge in [-0.05, 0) is 54.1 Å². The highest BCUT2D eigenvalue weighted by atomic mass is 35.5. The number of rotatable bonds is 8. The predicted octanol–water partition coefficient (Wildman–Crippen LogP) is 4.81. The van der Waals surface area contributed by atoms with Crippen molar-refractivity contribution in [3.63, 3.8) is 0 Å². The van der Waals surface area contributed by atoms with Crippen LogP contribution in [-0.4, -0.2) is 25.8 Å². The second-order valence-corrected chi connectivity index (χ2v) is 6.43. The van der Waals surface area contributed by atoms with E-state index in [1.54, 1.807) is 30.5 Å². The van der Waals surface area contributed by atoms with Crippen LogP contribution >= 0.6 is 11.6 Å². The van der Waals surface area contributed by atoms with Gasteiger partial charge in [0.1, 0.15) is 0 Å². The lowest BCUT2D eigenvalue weighted by Gasteiger charge is -2.11. The highest BCUT2D eigenvalue weighted by molar-refractivity contribution is 6.30. The molecule has 0 bridgehead atoms. The highest BCUT2D eigenvalue weighted by Crippen LogP contribution is 2.27. The molecule has 0 aromatic heterocycles. The maximum atomic E-state index is 12.0. The molecule has 3 aromatic carbocycles. The summed E-state index contributed by atoms with van der Waals surface area (Å²) in [4.78, 5) is 12.0. The molecule has 0 saturated heterocycles. The van der Waals surface area contributed by atoms with E-state index in [4.69, 9.17) is 21.1 Å². The van der Waals surface area contributed by atoms with Crippen molar-refractivity contribution in [2.75, 3.05) is 24.5 Å². The first-order valence-corrected chi connectivity index (χ1v) is 9.22. The van der Waals surface area contributed by atoms with E-state index >= 15 is 0 Å². The molecule has 0 aliphatic carbocycles. The molecule has 0 atom stereocenters. The number of nitrogens with zero attached hydrogens (tertiary/aromatic N) is 1. The SMILES string of the molecule is COc1cc(C=NNc2cccc(Cl)c2)ccc1OCC(=O)Nc1ccccc1. The summed E-state index contributed by atoms with van der Waals surface area (Å²) in [5.41, 5.74) is 5.21. The zero-order valence-corrected chi connectivity index (χ0v) is 16.5. The fourth-order valence-electron chi connectivity index (χ4n) is 2.48. The molecule has 0 heterocycles. The van der Waals surface area contributed by atoms with Crippen LogP contribution in [0.2, 0.25) is 5.02 Å². The van der Waals surface area contributed by atoms with Gasteiger partial charge in [0.2, 0.25) is 0 Å². The first-order valence-electron chi connectivity index (χ1n) is 8.84. The molecule has 0 spiro atoms. The van der Waals surface area contributed by atoms with Gasteiger partial charge in [-0.25, -0.2) is 0 Å². The molecule has 0 aliphatic heterocycles. The van der Waals surface area contributed by atoms with Gasteiger partial charge < -0.3 is 14.8 Å². The third-order valence-corrected chi connectivity index (χ3v) is 4.07. The molecule has 0 aliphatic rings. The Morgan fingerprint density at radius 1 is 1.00 bits per heavy atom. The lowest BCUT2D eigenvalue weighted by atomic mass is 10.2. The summed E-state index contributed by atoms with van der Waals surface area (Å²) in [6.45, 7) is -0.130. The number of benzene rings is 3. The van der Waals surface area contributed by atoms with Crippen molar-refractivity contribution in [2.45, 2.75) is 0 Å². The highest BCUT2D eigenvalue weighted by Gasteiger charge is 2.08. The average Bonchev–Trinajstić information content (AvgIpc) is 2.73. The smallest absolute Gasteiger partial charge is 0.262 e. The van der Waals surface area contributed by atoms with Gasteiger partial charge in [0.25, 0.3) is 5.91 Å². The Balaban J connectivity index is 1.58. The first-order chi connectivity index (χ1) is 14.1. The zero-order chi connectivity index (χ0) is 20.5. The molecular weight excluding hydrogens is 390 g/mol. The summed E-state index contributed by atoms with van der Waals surface area (Å²) in [7, 11) is 1.54. The van der Waals surface area contributed by atoms with Gasteiger partial charge in [-0.15, -0.1) is 0 Å². The molecule has 0 fully saturated rings. The number of halogens is 1. The van der Waals surface area contributed by atoms with Crippen LogP contribution in [0.3, 0.4) is 0 Å². The van der Waals surface area contributed by atoms with E-state index in [9.17, 15) is 4.79 Å². The molecule has 3 aromatic rings. The molecule has 0 radical (unpaired) electrons. The van der Waals surface area contributed by atoms with E-state index in [-0.39, 0.29) is 12.5 Å². The summed E-state index contributed by atoms with van der Waals surface area (Å²) in [6, 6.07) is 21.8. The van der Waals surface area contributed by atoms with Crippen LogP contribution in [0.5, 0.6) is 11.5 Å². The monoisotopic (exact) mass is 409 g/mol. The van der Waals surface area contributed by atoms with E-state index in [1.807, 2.05) is 48.5 Å². The first kappa shape index (κ1) is 20.2. The van der Waals surface area contributed by atoms with Crippen LogP contribution < -0.4 is 20.2 Å². The maximum Gasteiger partial charge on any atom is 0.262 e. The maximum absolute atomic E-state index is 12.0. The molecule has 1 amide bonds. The third kappa shape index (κ3) is 6.26. The summed E-state index contributed by atoms with van der Waals surface area (Å²) >= 11 is 5.94. The Morgan fingerprint density at radius 3 is 2.55 bits per heavy atom. The number of carbonyl (C=O) groups excluding carboxylic acids is 1. The predicted molar refractivity (Wildman–Crippen MR) is 116 cm³/mol. The van der Waals surface area contributed by atoms with E-state index in [2.05, 4.69) is 15.8 Å². The number of hydrogen-bond acceptors (Lipinski definition) is 5. The minimum Gasteiger partial charge on any atom is -0.493 e. The molecule has 6 nitrogen and oxygen atoms in total. The molecule has 0 unspecified atom stereocenters. The number of hydrogen-bond donors (Lipinski definition) is 2. The van der Waals surface area contributed by atoms with Gasteiger partial charge in [-0.3, -0.25) is 10.2 Å². The topological polar surface area (TPSA) is 71.9 Å². The van der Waals surface area contributed by atoms with E-state index in [0.29, 0.717) is 22.2 Å². The number of nitrogens with one attached hydrogen (secondary N) is 2. The second kappa shape index (κ2) is 10.1. The minimum absolute atomic E-state index is 0.130. The lowest BCUT2D eigenvalue weighted by molar-refractivity contribution is -0.118. The molecule has 2 N–H and O–H groups in total. The van der Waals surface area contributed by atoms with Crippen LogP contribution in [0.25, 0.3) is 0 Å². The molecule has 0 saturated carbocycles. The third-order valence-electron chi connectivity index (χ3n) is 3.84. The number of ether oxygens (including phenoxy) is 2. The minimum atomic E-state index is -0.255. The van der Waals surface area contributed by atoms with Gasteiger partial charge in [-0.1, -0.05) is 35.9 Å². The molecule has 7 heteroatoms. The summed E-state index contributed by atoms with van der Waals surface area (Å²) in [5.74, 6) is 0.717. The van der Waals surface area contributed by atoms with Gasteiger partial charge >= 0.3 is 0 Å². The Bertz CT molecular complexity index is 994. The number of amides is 1. The van der Waals surface area contributed by atoms with Crippen molar-refractivity contribution in [1.82, 2.24) is 0 Å². The zero-order valence-electron chi connectivity index (χ0n) is 15.8. The molecule has 148 valence electrons. The van der Waals surface area contributed by atoms with Crippen molar-refractivity contribution in [2.24, 2.45) is 5.10 Å². The fourth-order valence-corrected chi connectivity index (χ4v) is 2.68. The number of para-hydroxylation sites is 1. The number of hydrazone groups is 1. The summed E-state index contributed by atoms with van der Waals surface area (Å²) in [5, 5.41) is 7.58. The van der Waals surface area contributed by atoms with Crippen LogP contribution in [0.15, 0.2) is 77.9 Å². The second-order valence-electron chi connectivity index (χ2n) is 5.99. The van der Waals surface area contributed by atoms with Crippen LogP contribution in [0.1, 0.15) is 5.56 Å². The van der Waals surface area contributed by atoms with E-state index < -0.39 is 0 Å². The lowest BCUT2D eigenvalue weighted by Crippen LogP contribution is -2.20. The molecular formula is C22H20ClN3O3. The van der Waals surface area contributed by atoms with Gasteiger partial charge in [-0.2, -0.15) is 5.10 Å². The number of methoxy groups -OCH3 is 1.